The Kier molecular flexibility index (Phi) is 2.64. The van der Waals surface area contributed by atoms with Crippen molar-refractivity contribution in [2.24, 2.45) is 7.05 Å². The van der Waals surface area contributed by atoms with Gasteiger partial charge in [-0.2, -0.15) is 5.10 Å². The van der Waals surface area contributed by atoms with Crippen molar-refractivity contribution in [3.8, 4) is 0 Å². The summed E-state index contributed by atoms with van der Waals surface area (Å²) in [4.78, 5) is 4.31. The maximum Gasteiger partial charge on any atom is 0.152 e. The molecule has 0 aromatic carbocycles. The molecule has 3 aromatic rings. The molecule has 0 unspecified atom stereocenters. The Morgan fingerprint density at radius 3 is 3.11 bits per heavy atom. The van der Waals surface area contributed by atoms with Crippen LogP contribution in [0.25, 0.3) is 5.52 Å². The lowest BCUT2D eigenvalue weighted by molar-refractivity contribution is 0.787. The van der Waals surface area contributed by atoms with Gasteiger partial charge in [0.2, 0.25) is 0 Å². The number of aromatic nitrogens is 6. The standard InChI is InChI=1S/C11H13N7/c1-17-8-14-16-10(17)3-4-12-11-9-2-5-15-18(9)7-6-13-11/h2,5-8H,3-4H2,1H3,(H,12,13). The smallest absolute Gasteiger partial charge is 0.152 e. The zero-order chi connectivity index (χ0) is 12.4. The second-order valence-corrected chi connectivity index (χ2v) is 3.97. The van der Waals surface area contributed by atoms with Crippen LogP contribution < -0.4 is 5.32 Å². The van der Waals surface area contributed by atoms with Crippen LogP contribution in [0.5, 0.6) is 0 Å². The van der Waals surface area contributed by atoms with E-state index in [9.17, 15) is 0 Å². The summed E-state index contributed by atoms with van der Waals surface area (Å²) < 4.78 is 3.70. The lowest BCUT2D eigenvalue weighted by Gasteiger charge is -2.06. The summed E-state index contributed by atoms with van der Waals surface area (Å²) in [6, 6.07) is 1.93. The fraction of sp³-hybridized carbons (Fsp3) is 0.273. The van der Waals surface area contributed by atoms with E-state index in [0.29, 0.717) is 0 Å². The Balaban J connectivity index is 1.70. The Hall–Kier alpha value is -2.44. The molecule has 7 heteroatoms. The summed E-state index contributed by atoms with van der Waals surface area (Å²) in [5.41, 5.74) is 0.968. The van der Waals surface area contributed by atoms with Crippen molar-refractivity contribution in [3.63, 3.8) is 0 Å². The van der Waals surface area contributed by atoms with Crippen molar-refractivity contribution in [1.29, 1.82) is 0 Å². The monoisotopic (exact) mass is 243 g/mol. The van der Waals surface area contributed by atoms with Crippen LogP contribution in [0.4, 0.5) is 5.82 Å². The van der Waals surface area contributed by atoms with E-state index in [0.717, 1.165) is 30.1 Å². The molecule has 0 radical (unpaired) electrons. The van der Waals surface area contributed by atoms with Gasteiger partial charge in [-0.3, -0.25) is 0 Å². The number of nitrogens with one attached hydrogen (secondary N) is 1. The van der Waals surface area contributed by atoms with Gasteiger partial charge in [0.05, 0.1) is 6.20 Å². The molecule has 1 N–H and O–H groups in total. The van der Waals surface area contributed by atoms with Gasteiger partial charge in [0.25, 0.3) is 0 Å². The molecule has 0 amide bonds. The van der Waals surface area contributed by atoms with Gasteiger partial charge in [-0.25, -0.2) is 9.50 Å². The highest BCUT2D eigenvalue weighted by molar-refractivity contribution is 5.66. The Labute approximate surface area is 103 Å². The second kappa shape index (κ2) is 4.44. The van der Waals surface area contributed by atoms with Gasteiger partial charge in [-0.1, -0.05) is 0 Å². The fourth-order valence-corrected chi connectivity index (χ4v) is 1.82. The Morgan fingerprint density at radius 2 is 2.28 bits per heavy atom. The summed E-state index contributed by atoms with van der Waals surface area (Å²) in [5.74, 6) is 1.78. The van der Waals surface area contributed by atoms with E-state index >= 15 is 0 Å². The normalized spacial score (nSPS) is 10.9. The predicted molar refractivity (Wildman–Crippen MR) is 66.2 cm³/mol. The molecule has 0 saturated heterocycles. The molecular weight excluding hydrogens is 230 g/mol. The summed E-state index contributed by atoms with van der Waals surface area (Å²) in [7, 11) is 1.94. The first kappa shape index (κ1) is 10.7. The minimum absolute atomic E-state index is 0.754. The third kappa shape index (κ3) is 1.90. The third-order valence-corrected chi connectivity index (χ3v) is 2.77. The molecular formula is C11H13N7. The molecule has 92 valence electrons. The molecule has 7 nitrogen and oxygen atoms in total. The fourth-order valence-electron chi connectivity index (χ4n) is 1.82. The molecule has 3 aromatic heterocycles. The number of hydrogen-bond acceptors (Lipinski definition) is 5. The minimum atomic E-state index is 0.754. The summed E-state index contributed by atoms with van der Waals surface area (Å²) in [5, 5.41) is 15.3. The van der Waals surface area contributed by atoms with Gasteiger partial charge in [-0.15, -0.1) is 10.2 Å². The molecule has 0 fully saturated rings. The highest BCUT2D eigenvalue weighted by Crippen LogP contribution is 2.11. The molecule has 0 atom stereocenters. The van der Waals surface area contributed by atoms with E-state index in [1.54, 1.807) is 23.2 Å². The van der Waals surface area contributed by atoms with E-state index in [4.69, 9.17) is 0 Å². The van der Waals surface area contributed by atoms with Crippen molar-refractivity contribution >= 4 is 11.3 Å². The predicted octanol–water partition coefficient (Wildman–Crippen LogP) is 0.512. The Bertz CT molecular complexity index is 654. The van der Waals surface area contributed by atoms with Crippen LogP contribution in [0, 0.1) is 0 Å². The van der Waals surface area contributed by atoms with E-state index in [1.165, 1.54) is 0 Å². The molecule has 3 heterocycles. The van der Waals surface area contributed by atoms with Crippen molar-refractivity contribution in [1.82, 2.24) is 29.4 Å². The first-order chi connectivity index (χ1) is 8.84. The van der Waals surface area contributed by atoms with Gasteiger partial charge in [0.1, 0.15) is 17.7 Å². The number of fused-ring (bicyclic) bond motifs is 1. The zero-order valence-corrected chi connectivity index (χ0v) is 9.98. The highest BCUT2D eigenvalue weighted by Gasteiger charge is 2.04. The number of aryl methyl sites for hydroxylation is 1. The molecule has 0 spiro atoms. The SMILES string of the molecule is Cn1cnnc1CCNc1nccn2nccc12. The molecule has 0 aliphatic carbocycles. The first-order valence-electron chi connectivity index (χ1n) is 5.70. The zero-order valence-electron chi connectivity index (χ0n) is 9.98. The molecule has 0 bridgehead atoms. The quantitative estimate of drug-likeness (QED) is 0.723. The van der Waals surface area contributed by atoms with Crippen LogP contribution in [0.3, 0.4) is 0 Å². The van der Waals surface area contributed by atoms with E-state index < -0.39 is 0 Å². The highest BCUT2D eigenvalue weighted by atomic mass is 15.3. The van der Waals surface area contributed by atoms with Gasteiger partial charge in [0.15, 0.2) is 5.82 Å². The van der Waals surface area contributed by atoms with Crippen molar-refractivity contribution < 1.29 is 0 Å². The van der Waals surface area contributed by atoms with Crippen molar-refractivity contribution in [2.45, 2.75) is 6.42 Å². The number of hydrogen-bond donors (Lipinski definition) is 1. The largest absolute Gasteiger partial charge is 0.368 e. The van der Waals surface area contributed by atoms with Crippen LogP contribution in [0.15, 0.2) is 31.0 Å². The van der Waals surface area contributed by atoms with E-state index in [-0.39, 0.29) is 0 Å². The number of anilines is 1. The lowest BCUT2D eigenvalue weighted by Crippen LogP contribution is -2.10. The van der Waals surface area contributed by atoms with Crippen LogP contribution in [0.2, 0.25) is 0 Å². The number of nitrogens with zero attached hydrogens (tertiary/aromatic N) is 6. The second-order valence-electron chi connectivity index (χ2n) is 3.97. The van der Waals surface area contributed by atoms with Crippen molar-refractivity contribution in [3.05, 3.63) is 36.8 Å². The van der Waals surface area contributed by atoms with E-state index in [1.807, 2.05) is 23.9 Å². The molecule has 0 aliphatic heterocycles. The lowest BCUT2D eigenvalue weighted by atomic mass is 10.4. The van der Waals surface area contributed by atoms with Gasteiger partial charge in [-0.05, 0) is 6.07 Å². The van der Waals surface area contributed by atoms with E-state index in [2.05, 4.69) is 25.6 Å². The van der Waals surface area contributed by atoms with Gasteiger partial charge >= 0.3 is 0 Å². The summed E-state index contributed by atoms with van der Waals surface area (Å²) in [6.07, 6.45) is 7.80. The van der Waals surface area contributed by atoms with Crippen LogP contribution >= 0.6 is 0 Å². The molecule has 0 saturated carbocycles. The molecule has 3 rings (SSSR count). The van der Waals surface area contributed by atoms with Gasteiger partial charge < -0.3 is 9.88 Å². The Morgan fingerprint density at radius 1 is 1.33 bits per heavy atom. The third-order valence-electron chi connectivity index (χ3n) is 2.77. The van der Waals surface area contributed by atoms with Crippen LogP contribution in [0.1, 0.15) is 5.82 Å². The van der Waals surface area contributed by atoms with Gasteiger partial charge in [0, 0.05) is 32.4 Å². The first-order valence-corrected chi connectivity index (χ1v) is 5.70. The number of rotatable bonds is 4. The average Bonchev–Trinajstić information content (AvgIpc) is 2.99. The summed E-state index contributed by atoms with van der Waals surface area (Å²) in [6.45, 7) is 0.754. The molecule has 18 heavy (non-hydrogen) atoms. The topological polar surface area (TPSA) is 72.9 Å². The van der Waals surface area contributed by atoms with Crippen LogP contribution in [-0.4, -0.2) is 35.9 Å². The average molecular weight is 243 g/mol. The summed E-state index contributed by atoms with van der Waals surface area (Å²) >= 11 is 0. The minimum Gasteiger partial charge on any atom is -0.368 e. The van der Waals surface area contributed by atoms with Crippen molar-refractivity contribution in [2.75, 3.05) is 11.9 Å². The van der Waals surface area contributed by atoms with Crippen LogP contribution in [-0.2, 0) is 13.5 Å². The maximum atomic E-state index is 4.31. The maximum absolute atomic E-state index is 4.31. The molecule has 0 aliphatic rings.